The minimum Gasteiger partial charge on any atom is -0.495 e. The first-order valence-corrected chi connectivity index (χ1v) is 10.8. The molecular formula is C21H25ClN4OS. The van der Waals surface area contributed by atoms with E-state index >= 15 is 0 Å². The molecule has 0 saturated carbocycles. The molecule has 0 aliphatic carbocycles. The first-order chi connectivity index (χ1) is 13.7. The summed E-state index contributed by atoms with van der Waals surface area (Å²) in [6.07, 6.45) is 3.03. The van der Waals surface area contributed by atoms with Gasteiger partial charge in [0.15, 0.2) is 0 Å². The van der Waals surface area contributed by atoms with Crippen LogP contribution < -0.4 is 9.64 Å². The highest BCUT2D eigenvalue weighted by Gasteiger charge is 2.21. The number of aromatic nitrogens is 2. The van der Waals surface area contributed by atoms with Crippen LogP contribution in [-0.2, 0) is 13.5 Å². The van der Waals surface area contributed by atoms with Crippen molar-refractivity contribution in [3.8, 4) is 16.3 Å². The molecule has 1 aliphatic rings. The van der Waals surface area contributed by atoms with Crippen molar-refractivity contribution in [3.05, 3.63) is 52.5 Å². The van der Waals surface area contributed by atoms with E-state index in [1.165, 1.54) is 16.1 Å². The summed E-state index contributed by atoms with van der Waals surface area (Å²) in [5, 5.41) is 7.35. The summed E-state index contributed by atoms with van der Waals surface area (Å²) in [7, 11) is 3.73. The fourth-order valence-electron chi connectivity index (χ4n) is 3.80. The van der Waals surface area contributed by atoms with Gasteiger partial charge in [0.25, 0.3) is 0 Å². The minimum absolute atomic E-state index is 0.746. The van der Waals surface area contributed by atoms with Gasteiger partial charge in [0.05, 0.1) is 29.6 Å². The monoisotopic (exact) mass is 416 g/mol. The van der Waals surface area contributed by atoms with Crippen molar-refractivity contribution >= 4 is 28.6 Å². The summed E-state index contributed by atoms with van der Waals surface area (Å²) in [6.45, 7) is 5.06. The average molecular weight is 417 g/mol. The molecule has 1 aromatic carbocycles. The highest BCUT2D eigenvalue weighted by atomic mass is 35.5. The Morgan fingerprint density at radius 1 is 1.18 bits per heavy atom. The number of nitrogens with zero attached hydrogens (tertiary/aromatic N) is 4. The second-order valence-electron chi connectivity index (χ2n) is 7.01. The number of thiophene rings is 1. The molecule has 0 spiro atoms. The summed E-state index contributed by atoms with van der Waals surface area (Å²) in [6, 6.07) is 10.1. The highest BCUT2D eigenvalue weighted by Crippen LogP contribution is 2.32. The summed E-state index contributed by atoms with van der Waals surface area (Å²) in [5.74, 6) is 0.883. The van der Waals surface area contributed by atoms with Gasteiger partial charge in [0.1, 0.15) is 5.75 Å². The van der Waals surface area contributed by atoms with Crippen LogP contribution >= 0.6 is 22.9 Å². The van der Waals surface area contributed by atoms with Crippen LogP contribution in [0.1, 0.15) is 5.56 Å². The van der Waals surface area contributed by atoms with Crippen molar-refractivity contribution in [3.63, 3.8) is 0 Å². The van der Waals surface area contributed by atoms with Crippen molar-refractivity contribution in [2.24, 2.45) is 7.05 Å². The van der Waals surface area contributed by atoms with E-state index in [1.54, 1.807) is 18.4 Å². The lowest BCUT2D eigenvalue weighted by molar-refractivity contribution is 0.260. The normalized spacial score (nSPS) is 15.2. The Balaban J connectivity index is 1.37. The van der Waals surface area contributed by atoms with Crippen molar-refractivity contribution in [1.82, 2.24) is 14.7 Å². The fourth-order valence-corrected chi connectivity index (χ4v) is 4.80. The van der Waals surface area contributed by atoms with E-state index in [2.05, 4.69) is 32.4 Å². The average Bonchev–Trinajstić information content (AvgIpc) is 3.36. The van der Waals surface area contributed by atoms with Gasteiger partial charge in [-0.25, -0.2) is 0 Å². The smallest absolute Gasteiger partial charge is 0.142 e. The Bertz CT molecular complexity index is 917. The number of ether oxygens (including phenoxy) is 1. The lowest BCUT2D eigenvalue weighted by Gasteiger charge is -2.36. The molecule has 3 heterocycles. The van der Waals surface area contributed by atoms with Gasteiger partial charge in [0.2, 0.25) is 0 Å². The van der Waals surface area contributed by atoms with Crippen LogP contribution in [0.2, 0.25) is 5.02 Å². The molecule has 0 amide bonds. The first kappa shape index (κ1) is 19.3. The minimum atomic E-state index is 0.746. The topological polar surface area (TPSA) is 33.5 Å². The van der Waals surface area contributed by atoms with Gasteiger partial charge in [0, 0.05) is 50.4 Å². The molecule has 1 fully saturated rings. The van der Waals surface area contributed by atoms with E-state index in [4.69, 9.17) is 16.3 Å². The zero-order chi connectivity index (χ0) is 19.5. The van der Waals surface area contributed by atoms with E-state index in [-0.39, 0.29) is 0 Å². The lowest BCUT2D eigenvalue weighted by atomic mass is 10.1. The maximum Gasteiger partial charge on any atom is 0.142 e. The van der Waals surface area contributed by atoms with E-state index < -0.39 is 0 Å². The Kier molecular flexibility index (Phi) is 5.90. The molecular weight excluding hydrogens is 392 g/mol. The fraction of sp³-hybridized carbons (Fsp3) is 0.381. The van der Waals surface area contributed by atoms with Crippen LogP contribution in [0.25, 0.3) is 10.6 Å². The molecule has 1 saturated heterocycles. The molecule has 3 aromatic rings. The standard InChI is InChI=1S/C21H25ClN4OS/c1-24-21(20-4-3-13-28-20)16(15-23-24)7-8-25-9-11-26(12-10-25)18-14-17(22)5-6-19(18)27-2/h3-6,13-15H,7-12H2,1-2H3. The van der Waals surface area contributed by atoms with Crippen molar-refractivity contribution in [1.29, 1.82) is 0 Å². The van der Waals surface area contributed by atoms with Crippen LogP contribution in [-0.4, -0.2) is 54.5 Å². The SMILES string of the molecule is COc1ccc(Cl)cc1N1CCN(CCc2cnn(C)c2-c2cccs2)CC1. The van der Waals surface area contributed by atoms with Crippen molar-refractivity contribution in [2.75, 3.05) is 44.7 Å². The molecule has 2 aromatic heterocycles. The Morgan fingerprint density at radius 2 is 2.00 bits per heavy atom. The number of halogens is 1. The van der Waals surface area contributed by atoms with Gasteiger partial charge in [-0.2, -0.15) is 5.10 Å². The number of anilines is 1. The van der Waals surface area contributed by atoms with Crippen LogP contribution in [0.3, 0.4) is 0 Å². The molecule has 0 unspecified atom stereocenters. The maximum atomic E-state index is 6.20. The Morgan fingerprint density at radius 3 is 2.71 bits per heavy atom. The number of benzene rings is 1. The molecule has 4 rings (SSSR count). The predicted octanol–water partition coefficient (Wildman–Crippen LogP) is 4.18. The number of hydrogen-bond donors (Lipinski definition) is 0. The number of hydrogen-bond acceptors (Lipinski definition) is 5. The summed E-state index contributed by atoms with van der Waals surface area (Å²) in [5.41, 5.74) is 3.66. The second kappa shape index (κ2) is 8.55. The zero-order valence-electron chi connectivity index (χ0n) is 16.3. The van der Waals surface area contributed by atoms with E-state index in [1.807, 2.05) is 36.1 Å². The van der Waals surface area contributed by atoms with Crippen LogP contribution in [0.15, 0.2) is 41.9 Å². The quantitative estimate of drug-likeness (QED) is 0.603. The van der Waals surface area contributed by atoms with Gasteiger partial charge in [-0.3, -0.25) is 9.58 Å². The number of methoxy groups -OCH3 is 1. The van der Waals surface area contributed by atoms with Gasteiger partial charge in [-0.1, -0.05) is 17.7 Å². The van der Waals surface area contributed by atoms with E-state index in [0.29, 0.717) is 0 Å². The number of rotatable bonds is 6. The van der Waals surface area contributed by atoms with Crippen molar-refractivity contribution < 1.29 is 4.74 Å². The highest BCUT2D eigenvalue weighted by molar-refractivity contribution is 7.13. The van der Waals surface area contributed by atoms with Crippen LogP contribution in [0.5, 0.6) is 5.75 Å². The molecule has 0 radical (unpaired) electrons. The summed E-state index contributed by atoms with van der Waals surface area (Å²) in [4.78, 5) is 6.18. The second-order valence-corrected chi connectivity index (χ2v) is 8.40. The van der Waals surface area contributed by atoms with E-state index in [9.17, 15) is 0 Å². The summed E-state index contributed by atoms with van der Waals surface area (Å²) >= 11 is 7.97. The summed E-state index contributed by atoms with van der Waals surface area (Å²) < 4.78 is 7.50. The molecule has 7 heteroatoms. The Labute approximate surface area is 175 Å². The van der Waals surface area contributed by atoms with Gasteiger partial charge in [-0.15, -0.1) is 11.3 Å². The largest absolute Gasteiger partial charge is 0.495 e. The molecule has 148 valence electrons. The van der Waals surface area contributed by atoms with Crippen LogP contribution in [0.4, 0.5) is 5.69 Å². The number of aryl methyl sites for hydroxylation is 1. The predicted molar refractivity (Wildman–Crippen MR) is 117 cm³/mol. The molecule has 0 atom stereocenters. The van der Waals surface area contributed by atoms with Gasteiger partial charge in [-0.05, 0) is 36.1 Å². The third-order valence-electron chi connectivity index (χ3n) is 5.32. The molecule has 1 aliphatic heterocycles. The lowest BCUT2D eigenvalue weighted by Crippen LogP contribution is -2.47. The third kappa shape index (κ3) is 4.04. The molecule has 0 N–H and O–H groups in total. The molecule has 0 bridgehead atoms. The van der Waals surface area contributed by atoms with Crippen LogP contribution in [0, 0.1) is 0 Å². The van der Waals surface area contributed by atoms with Gasteiger partial charge < -0.3 is 9.64 Å². The zero-order valence-corrected chi connectivity index (χ0v) is 17.8. The number of piperazine rings is 1. The third-order valence-corrected chi connectivity index (χ3v) is 6.43. The maximum absolute atomic E-state index is 6.20. The van der Waals surface area contributed by atoms with E-state index in [0.717, 1.165) is 55.6 Å². The first-order valence-electron chi connectivity index (χ1n) is 9.51. The molecule has 28 heavy (non-hydrogen) atoms. The Hall–Kier alpha value is -2.02. The van der Waals surface area contributed by atoms with Crippen molar-refractivity contribution in [2.45, 2.75) is 6.42 Å². The molecule has 5 nitrogen and oxygen atoms in total. The van der Waals surface area contributed by atoms with Gasteiger partial charge >= 0.3 is 0 Å².